The summed E-state index contributed by atoms with van der Waals surface area (Å²) in [6, 6.07) is 11.1. The van der Waals surface area contributed by atoms with E-state index in [1.165, 1.54) is 29.1 Å². The molecule has 0 aliphatic heterocycles. The van der Waals surface area contributed by atoms with Crippen LogP contribution in [0, 0.1) is 18.7 Å². The standard InChI is InChI=1S/C22H20FN3O2/c1-13-6-9-15(20(27)10-14-7-8-14)11-19(13)26-22(24)17(12-25-26)21(28)16-4-2-3-5-18(16)23/h2-6,9,11-12,14H,7-8,10,24H2,1H3. The Labute approximate surface area is 162 Å². The molecule has 0 amide bonds. The van der Waals surface area contributed by atoms with Gasteiger partial charge in [0, 0.05) is 12.0 Å². The number of halogens is 1. The molecule has 1 heterocycles. The van der Waals surface area contributed by atoms with Gasteiger partial charge in [-0.15, -0.1) is 0 Å². The second kappa shape index (κ2) is 7.03. The van der Waals surface area contributed by atoms with Crippen LogP contribution in [0.4, 0.5) is 10.2 Å². The van der Waals surface area contributed by atoms with Gasteiger partial charge in [-0.05, 0) is 49.4 Å². The third-order valence-electron chi connectivity index (χ3n) is 5.10. The van der Waals surface area contributed by atoms with Crippen molar-refractivity contribution in [1.82, 2.24) is 9.78 Å². The van der Waals surface area contributed by atoms with Crippen molar-refractivity contribution in [3.8, 4) is 5.69 Å². The van der Waals surface area contributed by atoms with E-state index < -0.39 is 11.6 Å². The number of ketones is 2. The number of aryl methyl sites for hydroxylation is 1. The Bertz CT molecular complexity index is 1080. The fourth-order valence-electron chi connectivity index (χ4n) is 3.23. The number of hydrogen-bond acceptors (Lipinski definition) is 4. The fourth-order valence-corrected chi connectivity index (χ4v) is 3.23. The van der Waals surface area contributed by atoms with Gasteiger partial charge in [-0.1, -0.05) is 24.3 Å². The Morgan fingerprint density at radius 1 is 1.18 bits per heavy atom. The number of aromatic nitrogens is 2. The molecule has 3 aromatic rings. The van der Waals surface area contributed by atoms with Crippen molar-refractivity contribution in [3.05, 3.63) is 76.7 Å². The molecule has 1 aliphatic carbocycles. The van der Waals surface area contributed by atoms with Crippen LogP contribution < -0.4 is 5.73 Å². The van der Waals surface area contributed by atoms with E-state index in [1.54, 1.807) is 18.2 Å². The van der Waals surface area contributed by atoms with E-state index in [0.717, 1.165) is 18.4 Å². The second-order valence-corrected chi connectivity index (χ2v) is 7.24. The van der Waals surface area contributed by atoms with Gasteiger partial charge in [-0.3, -0.25) is 9.59 Å². The fraction of sp³-hybridized carbons (Fsp3) is 0.227. The van der Waals surface area contributed by atoms with Crippen molar-refractivity contribution in [2.24, 2.45) is 5.92 Å². The first-order chi connectivity index (χ1) is 13.5. The van der Waals surface area contributed by atoms with Crippen molar-refractivity contribution in [3.63, 3.8) is 0 Å². The molecule has 2 aromatic carbocycles. The van der Waals surface area contributed by atoms with Gasteiger partial charge in [-0.2, -0.15) is 5.10 Å². The van der Waals surface area contributed by atoms with Crippen LogP contribution in [0.2, 0.25) is 0 Å². The number of carbonyl (C=O) groups excluding carboxylic acids is 2. The van der Waals surface area contributed by atoms with Gasteiger partial charge in [-0.25, -0.2) is 9.07 Å². The molecule has 1 fully saturated rings. The number of hydrogen-bond donors (Lipinski definition) is 1. The van der Waals surface area contributed by atoms with E-state index in [9.17, 15) is 14.0 Å². The number of carbonyl (C=O) groups is 2. The summed E-state index contributed by atoms with van der Waals surface area (Å²) < 4.78 is 15.4. The van der Waals surface area contributed by atoms with Crippen LogP contribution in [-0.4, -0.2) is 21.3 Å². The highest BCUT2D eigenvalue weighted by molar-refractivity contribution is 6.11. The molecule has 1 saturated carbocycles. The van der Waals surface area contributed by atoms with Gasteiger partial charge in [0.25, 0.3) is 0 Å². The number of rotatable bonds is 6. The molecule has 0 atom stereocenters. The minimum Gasteiger partial charge on any atom is -0.383 e. The van der Waals surface area contributed by atoms with Crippen molar-refractivity contribution in [2.45, 2.75) is 26.2 Å². The zero-order chi connectivity index (χ0) is 19.8. The minimum absolute atomic E-state index is 0.0566. The Balaban J connectivity index is 1.70. The van der Waals surface area contributed by atoms with E-state index in [0.29, 0.717) is 23.6 Å². The molecule has 1 aliphatic rings. The molecule has 0 saturated heterocycles. The average Bonchev–Trinajstić information content (AvgIpc) is 3.42. The van der Waals surface area contributed by atoms with Gasteiger partial charge in [0.1, 0.15) is 11.6 Å². The lowest BCUT2D eigenvalue weighted by Gasteiger charge is -2.11. The molecule has 0 unspecified atom stereocenters. The molecule has 0 radical (unpaired) electrons. The third kappa shape index (κ3) is 3.33. The number of nitrogen functional groups attached to an aromatic ring is 1. The molecular weight excluding hydrogens is 357 g/mol. The quantitative estimate of drug-likeness (QED) is 0.656. The molecule has 142 valence electrons. The summed E-state index contributed by atoms with van der Waals surface area (Å²) in [7, 11) is 0. The predicted octanol–water partition coefficient (Wildman–Crippen LogP) is 4.12. The summed E-state index contributed by atoms with van der Waals surface area (Å²) in [5.74, 6) is -0.429. The smallest absolute Gasteiger partial charge is 0.201 e. The number of nitrogens with zero attached hydrogens (tertiary/aromatic N) is 2. The summed E-state index contributed by atoms with van der Waals surface area (Å²) in [6.07, 6.45) is 4.10. The lowest BCUT2D eigenvalue weighted by molar-refractivity contribution is 0.0975. The van der Waals surface area contributed by atoms with Crippen LogP contribution in [0.25, 0.3) is 5.69 Å². The SMILES string of the molecule is Cc1ccc(C(=O)CC2CC2)cc1-n1ncc(C(=O)c2ccccc2F)c1N. The molecule has 5 nitrogen and oxygen atoms in total. The van der Waals surface area contributed by atoms with Crippen LogP contribution in [-0.2, 0) is 0 Å². The van der Waals surface area contributed by atoms with E-state index in [1.807, 2.05) is 13.0 Å². The van der Waals surface area contributed by atoms with Crippen molar-refractivity contribution >= 4 is 17.4 Å². The van der Waals surface area contributed by atoms with Gasteiger partial charge in [0.15, 0.2) is 5.78 Å². The Morgan fingerprint density at radius 3 is 2.64 bits per heavy atom. The Morgan fingerprint density at radius 2 is 1.93 bits per heavy atom. The van der Waals surface area contributed by atoms with Gasteiger partial charge in [0.2, 0.25) is 5.78 Å². The highest BCUT2D eigenvalue weighted by atomic mass is 19.1. The van der Waals surface area contributed by atoms with Crippen molar-refractivity contribution in [2.75, 3.05) is 5.73 Å². The highest BCUT2D eigenvalue weighted by Crippen LogP contribution is 2.34. The first-order valence-electron chi connectivity index (χ1n) is 9.22. The molecule has 0 bridgehead atoms. The molecular formula is C22H20FN3O2. The maximum atomic E-state index is 14.0. The second-order valence-electron chi connectivity index (χ2n) is 7.24. The summed E-state index contributed by atoms with van der Waals surface area (Å²) >= 11 is 0. The zero-order valence-corrected chi connectivity index (χ0v) is 15.5. The van der Waals surface area contributed by atoms with Crippen molar-refractivity contribution in [1.29, 1.82) is 0 Å². The molecule has 4 rings (SSSR count). The van der Waals surface area contributed by atoms with Gasteiger partial charge in [0.05, 0.1) is 23.0 Å². The molecule has 1 aromatic heterocycles. The maximum Gasteiger partial charge on any atom is 0.201 e. The minimum atomic E-state index is -0.608. The summed E-state index contributed by atoms with van der Waals surface area (Å²) in [5, 5.41) is 4.23. The third-order valence-corrected chi connectivity index (χ3v) is 5.10. The van der Waals surface area contributed by atoms with Crippen LogP contribution in [0.3, 0.4) is 0 Å². The largest absolute Gasteiger partial charge is 0.383 e. The van der Waals surface area contributed by atoms with Crippen molar-refractivity contribution < 1.29 is 14.0 Å². The van der Waals surface area contributed by atoms with Gasteiger partial charge >= 0.3 is 0 Å². The summed E-state index contributed by atoms with van der Waals surface area (Å²) in [4.78, 5) is 25.1. The summed E-state index contributed by atoms with van der Waals surface area (Å²) in [5.41, 5.74) is 8.35. The van der Waals surface area contributed by atoms with Gasteiger partial charge < -0.3 is 5.73 Å². The molecule has 6 heteroatoms. The Kier molecular flexibility index (Phi) is 4.55. The first kappa shape index (κ1) is 18.1. The van der Waals surface area contributed by atoms with Crippen LogP contribution >= 0.6 is 0 Å². The van der Waals surface area contributed by atoms with E-state index in [-0.39, 0.29) is 22.7 Å². The monoisotopic (exact) mass is 377 g/mol. The van der Waals surface area contributed by atoms with Crippen LogP contribution in [0.15, 0.2) is 48.7 Å². The number of Topliss-reactive ketones (excluding diaryl/α,β-unsaturated/α-hetero) is 1. The Hall–Kier alpha value is -3.28. The lowest BCUT2D eigenvalue weighted by Crippen LogP contribution is -2.10. The normalized spacial score (nSPS) is 13.5. The highest BCUT2D eigenvalue weighted by Gasteiger charge is 2.26. The predicted molar refractivity (Wildman–Crippen MR) is 104 cm³/mol. The van der Waals surface area contributed by atoms with E-state index in [2.05, 4.69) is 5.10 Å². The van der Waals surface area contributed by atoms with Crippen LogP contribution in [0.5, 0.6) is 0 Å². The molecule has 0 spiro atoms. The molecule has 28 heavy (non-hydrogen) atoms. The number of benzene rings is 2. The average molecular weight is 377 g/mol. The summed E-state index contributed by atoms with van der Waals surface area (Å²) in [6.45, 7) is 1.88. The number of nitrogens with two attached hydrogens (primary N) is 1. The number of anilines is 1. The van der Waals surface area contributed by atoms with E-state index in [4.69, 9.17) is 5.73 Å². The van der Waals surface area contributed by atoms with E-state index >= 15 is 0 Å². The zero-order valence-electron chi connectivity index (χ0n) is 15.5. The van der Waals surface area contributed by atoms with Crippen LogP contribution in [0.1, 0.15) is 51.1 Å². The topological polar surface area (TPSA) is 78.0 Å². The maximum absolute atomic E-state index is 14.0. The first-order valence-corrected chi connectivity index (χ1v) is 9.22. The lowest BCUT2D eigenvalue weighted by atomic mass is 10.0. The molecule has 2 N–H and O–H groups in total.